The van der Waals surface area contributed by atoms with Crippen LogP contribution in [0.1, 0.15) is 20.3 Å². The van der Waals surface area contributed by atoms with Crippen molar-refractivity contribution in [1.29, 1.82) is 0 Å². The third-order valence-corrected chi connectivity index (χ3v) is 2.16. The van der Waals surface area contributed by atoms with Gasteiger partial charge in [-0.25, -0.2) is 0 Å². The number of carbonyl (C=O) groups is 1. The summed E-state index contributed by atoms with van der Waals surface area (Å²) >= 11 is 0. The van der Waals surface area contributed by atoms with E-state index < -0.39 is 12.1 Å². The first kappa shape index (κ1) is 18.0. The average Bonchev–Trinajstić information content (AvgIpc) is 2.16. The molecule has 5 nitrogen and oxygen atoms in total. The minimum absolute atomic E-state index is 0. The summed E-state index contributed by atoms with van der Waals surface area (Å²) in [6.07, 6.45) is -0.0599. The summed E-state index contributed by atoms with van der Waals surface area (Å²) in [7, 11) is 1.52. The minimum Gasteiger partial charge on any atom is -0.391 e. The van der Waals surface area contributed by atoms with Gasteiger partial charge in [0, 0.05) is 13.7 Å². The number of carbonyl (C=O) groups excluding carboxylic acids is 1. The number of halogens is 1. The van der Waals surface area contributed by atoms with Crippen LogP contribution in [0.15, 0.2) is 0 Å². The van der Waals surface area contributed by atoms with E-state index in [1.54, 1.807) is 0 Å². The van der Waals surface area contributed by atoms with Gasteiger partial charge in [0.05, 0.1) is 18.8 Å². The van der Waals surface area contributed by atoms with Crippen LogP contribution in [0.5, 0.6) is 0 Å². The molecule has 0 heterocycles. The monoisotopic (exact) mass is 254 g/mol. The highest BCUT2D eigenvalue weighted by atomic mass is 35.5. The number of aliphatic hydroxyl groups is 1. The normalized spacial score (nSPS) is 14.1. The number of ether oxygens (including phenoxy) is 1. The Morgan fingerprint density at radius 3 is 2.50 bits per heavy atom. The van der Waals surface area contributed by atoms with Crippen molar-refractivity contribution in [3.05, 3.63) is 0 Å². The van der Waals surface area contributed by atoms with E-state index in [4.69, 9.17) is 10.5 Å². The molecule has 0 aromatic heterocycles. The molecule has 0 saturated heterocycles. The van der Waals surface area contributed by atoms with Crippen molar-refractivity contribution in [3.8, 4) is 0 Å². The lowest BCUT2D eigenvalue weighted by atomic mass is 10.1. The molecular weight excluding hydrogens is 232 g/mol. The van der Waals surface area contributed by atoms with Crippen molar-refractivity contribution in [3.63, 3.8) is 0 Å². The number of hydrogen-bond donors (Lipinski definition) is 3. The number of amides is 1. The van der Waals surface area contributed by atoms with Crippen LogP contribution in [0.25, 0.3) is 0 Å². The van der Waals surface area contributed by atoms with Gasteiger partial charge in [-0.15, -0.1) is 12.4 Å². The Bertz CT molecular complexity index is 191. The molecule has 1 amide bonds. The molecular formula is C10H23ClN2O3. The molecule has 0 aromatic carbocycles. The van der Waals surface area contributed by atoms with Crippen molar-refractivity contribution in [1.82, 2.24) is 5.32 Å². The van der Waals surface area contributed by atoms with Gasteiger partial charge in [-0.3, -0.25) is 4.79 Å². The maximum absolute atomic E-state index is 11.4. The van der Waals surface area contributed by atoms with E-state index in [2.05, 4.69) is 5.32 Å². The topological polar surface area (TPSA) is 84.6 Å². The molecule has 0 aliphatic heterocycles. The van der Waals surface area contributed by atoms with Crippen LogP contribution in [0.4, 0.5) is 0 Å². The van der Waals surface area contributed by atoms with E-state index in [0.29, 0.717) is 13.0 Å². The van der Waals surface area contributed by atoms with Crippen LogP contribution >= 0.6 is 12.4 Å². The largest absolute Gasteiger partial charge is 0.391 e. The van der Waals surface area contributed by atoms with Crippen molar-refractivity contribution in [2.45, 2.75) is 32.4 Å². The molecule has 2 atom stereocenters. The molecule has 0 aliphatic rings. The predicted molar refractivity (Wildman–Crippen MR) is 65.6 cm³/mol. The molecule has 98 valence electrons. The molecule has 0 aliphatic carbocycles. The Kier molecular flexibility index (Phi) is 11.1. The highest BCUT2D eigenvalue weighted by Crippen LogP contribution is 1.98. The van der Waals surface area contributed by atoms with Gasteiger partial charge in [0.25, 0.3) is 0 Å². The molecule has 16 heavy (non-hydrogen) atoms. The smallest absolute Gasteiger partial charge is 0.237 e. The van der Waals surface area contributed by atoms with Gasteiger partial charge in [0.2, 0.25) is 5.91 Å². The number of aliphatic hydroxyl groups excluding tert-OH is 1. The first-order chi connectivity index (χ1) is 6.99. The lowest BCUT2D eigenvalue weighted by Crippen LogP contribution is -2.44. The number of rotatable bonds is 7. The minimum atomic E-state index is -0.537. The fraction of sp³-hybridized carbons (Fsp3) is 0.900. The predicted octanol–water partition coefficient (Wildman–Crippen LogP) is -0.0949. The van der Waals surface area contributed by atoms with Crippen molar-refractivity contribution < 1.29 is 14.6 Å². The standard InChI is InChI=1S/C10H22N2O3.ClH/c1-7(2)9(11)10(14)12-5-4-8(13)6-15-3;/h7-9,13H,4-6,11H2,1-3H3,(H,12,14);1H/t8?,9-;/m0./s1. The average molecular weight is 255 g/mol. The summed E-state index contributed by atoms with van der Waals surface area (Å²) in [6, 6.07) is -0.482. The molecule has 0 fully saturated rings. The number of hydrogen-bond acceptors (Lipinski definition) is 4. The Labute approximate surface area is 103 Å². The van der Waals surface area contributed by atoms with Gasteiger partial charge in [0.15, 0.2) is 0 Å². The third-order valence-electron chi connectivity index (χ3n) is 2.16. The summed E-state index contributed by atoms with van der Waals surface area (Å²) < 4.78 is 4.76. The van der Waals surface area contributed by atoms with Crippen LogP contribution in [0, 0.1) is 5.92 Å². The Morgan fingerprint density at radius 2 is 2.06 bits per heavy atom. The van der Waals surface area contributed by atoms with Crippen LogP contribution in [0.3, 0.4) is 0 Å². The Hall–Kier alpha value is -0.360. The second-order valence-electron chi connectivity index (χ2n) is 3.96. The molecule has 4 N–H and O–H groups in total. The second-order valence-corrected chi connectivity index (χ2v) is 3.96. The maximum atomic E-state index is 11.4. The zero-order valence-electron chi connectivity index (χ0n) is 10.1. The van der Waals surface area contributed by atoms with Gasteiger partial charge in [-0.1, -0.05) is 13.8 Å². The van der Waals surface area contributed by atoms with Crippen LogP contribution in [-0.4, -0.2) is 43.4 Å². The molecule has 0 rings (SSSR count). The lowest BCUT2D eigenvalue weighted by Gasteiger charge is -2.16. The Balaban J connectivity index is 0. The van der Waals surface area contributed by atoms with Crippen molar-refractivity contribution in [2.75, 3.05) is 20.3 Å². The SMILES string of the molecule is COCC(O)CCNC(=O)[C@@H](N)C(C)C.Cl. The summed E-state index contributed by atoms with van der Waals surface area (Å²) in [5.74, 6) is -0.0523. The zero-order valence-corrected chi connectivity index (χ0v) is 10.9. The lowest BCUT2D eigenvalue weighted by molar-refractivity contribution is -0.123. The van der Waals surface area contributed by atoms with E-state index in [-0.39, 0.29) is 30.8 Å². The van der Waals surface area contributed by atoms with E-state index in [0.717, 1.165) is 0 Å². The molecule has 0 saturated carbocycles. The first-order valence-corrected chi connectivity index (χ1v) is 5.19. The van der Waals surface area contributed by atoms with E-state index in [9.17, 15) is 9.90 Å². The summed E-state index contributed by atoms with van der Waals surface area (Å²) in [6.45, 7) is 4.49. The number of methoxy groups -OCH3 is 1. The summed E-state index contributed by atoms with van der Waals surface area (Å²) in [4.78, 5) is 11.4. The van der Waals surface area contributed by atoms with Gasteiger partial charge >= 0.3 is 0 Å². The zero-order chi connectivity index (χ0) is 11.8. The third kappa shape index (κ3) is 7.87. The fourth-order valence-corrected chi connectivity index (χ4v) is 1.06. The highest BCUT2D eigenvalue weighted by Gasteiger charge is 2.16. The van der Waals surface area contributed by atoms with Crippen LogP contribution in [0.2, 0.25) is 0 Å². The molecule has 0 bridgehead atoms. The number of nitrogens with one attached hydrogen (secondary N) is 1. The van der Waals surface area contributed by atoms with E-state index in [1.165, 1.54) is 7.11 Å². The van der Waals surface area contributed by atoms with E-state index in [1.807, 2.05) is 13.8 Å². The molecule has 0 aromatic rings. The Morgan fingerprint density at radius 1 is 1.50 bits per heavy atom. The highest BCUT2D eigenvalue weighted by molar-refractivity contribution is 5.85. The van der Waals surface area contributed by atoms with Gasteiger partial charge in [0.1, 0.15) is 0 Å². The summed E-state index contributed by atoms with van der Waals surface area (Å²) in [5.41, 5.74) is 5.64. The molecule has 0 spiro atoms. The van der Waals surface area contributed by atoms with Gasteiger partial charge < -0.3 is 20.9 Å². The van der Waals surface area contributed by atoms with E-state index >= 15 is 0 Å². The van der Waals surface area contributed by atoms with Gasteiger partial charge in [-0.2, -0.15) is 0 Å². The van der Waals surface area contributed by atoms with Crippen molar-refractivity contribution >= 4 is 18.3 Å². The second kappa shape index (κ2) is 9.84. The number of nitrogens with two attached hydrogens (primary N) is 1. The summed E-state index contributed by atoms with van der Waals surface area (Å²) in [5, 5.41) is 12.0. The maximum Gasteiger partial charge on any atom is 0.237 e. The van der Waals surface area contributed by atoms with Crippen molar-refractivity contribution in [2.24, 2.45) is 11.7 Å². The first-order valence-electron chi connectivity index (χ1n) is 5.19. The fourth-order valence-electron chi connectivity index (χ4n) is 1.06. The van der Waals surface area contributed by atoms with Gasteiger partial charge in [-0.05, 0) is 12.3 Å². The molecule has 6 heteroatoms. The van der Waals surface area contributed by atoms with Crippen LogP contribution < -0.4 is 11.1 Å². The van der Waals surface area contributed by atoms with Crippen LogP contribution in [-0.2, 0) is 9.53 Å². The molecule has 0 radical (unpaired) electrons. The quantitative estimate of drug-likeness (QED) is 0.593. The molecule has 1 unspecified atom stereocenters.